The third-order valence-corrected chi connectivity index (χ3v) is 3.24. The van der Waals surface area contributed by atoms with Crippen LogP contribution in [0.1, 0.15) is 15.9 Å². The van der Waals surface area contributed by atoms with Crippen LogP contribution in [0.15, 0.2) is 48.5 Å². The first-order valence-electron chi connectivity index (χ1n) is 6.44. The Balaban J connectivity index is 2.01. The molecule has 6 nitrogen and oxygen atoms in total. The van der Waals surface area contributed by atoms with Crippen molar-refractivity contribution in [3.63, 3.8) is 0 Å². The first-order valence-corrected chi connectivity index (χ1v) is 6.44. The number of rotatable bonds is 3. The van der Waals surface area contributed by atoms with Crippen LogP contribution in [0.5, 0.6) is 0 Å². The minimum Gasteiger partial charge on any atom is -0.478 e. The second kappa shape index (κ2) is 5.50. The number of carboxylic acids is 1. The Kier molecular flexibility index (Phi) is 3.38. The molecule has 106 valence electrons. The summed E-state index contributed by atoms with van der Waals surface area (Å²) in [6.45, 7) is 0. The predicted molar refractivity (Wildman–Crippen MR) is 78.9 cm³/mol. The lowest BCUT2D eigenvalue weighted by Gasteiger charge is -2.02. The van der Waals surface area contributed by atoms with Gasteiger partial charge < -0.3 is 5.11 Å². The van der Waals surface area contributed by atoms with Gasteiger partial charge in [-0.25, -0.2) is 4.79 Å². The second-order valence-corrected chi connectivity index (χ2v) is 4.59. The Morgan fingerprint density at radius 1 is 0.955 bits per heavy atom. The fourth-order valence-corrected chi connectivity index (χ4v) is 2.11. The Hall–Kier alpha value is -3.46. The maximum absolute atomic E-state index is 10.9. The Morgan fingerprint density at radius 3 is 1.91 bits per heavy atom. The number of hydrogen-bond acceptors (Lipinski definition) is 4. The third-order valence-electron chi connectivity index (χ3n) is 3.24. The van der Waals surface area contributed by atoms with Crippen LogP contribution < -0.4 is 0 Å². The fourth-order valence-electron chi connectivity index (χ4n) is 2.11. The van der Waals surface area contributed by atoms with Gasteiger partial charge in [0, 0.05) is 11.1 Å². The molecule has 0 unspecified atom stereocenters. The van der Waals surface area contributed by atoms with Crippen molar-refractivity contribution < 1.29 is 9.90 Å². The molecule has 0 spiro atoms. The Morgan fingerprint density at radius 2 is 1.45 bits per heavy atom. The molecule has 0 saturated carbocycles. The van der Waals surface area contributed by atoms with Crippen molar-refractivity contribution in [2.75, 3.05) is 0 Å². The minimum absolute atomic E-state index is 0.215. The molecule has 0 aliphatic carbocycles. The normalized spacial score (nSPS) is 10.1. The van der Waals surface area contributed by atoms with E-state index in [1.165, 1.54) is 12.1 Å². The fraction of sp³-hybridized carbons (Fsp3) is 0. The number of nitrogens with zero attached hydrogens (tertiary/aromatic N) is 3. The molecule has 2 aromatic carbocycles. The van der Waals surface area contributed by atoms with Gasteiger partial charge in [-0.2, -0.15) is 20.7 Å². The van der Waals surface area contributed by atoms with Gasteiger partial charge in [-0.3, -0.25) is 0 Å². The van der Waals surface area contributed by atoms with Crippen molar-refractivity contribution in [1.82, 2.24) is 15.4 Å². The van der Waals surface area contributed by atoms with E-state index in [0.29, 0.717) is 17.0 Å². The van der Waals surface area contributed by atoms with Crippen molar-refractivity contribution in [2.24, 2.45) is 0 Å². The van der Waals surface area contributed by atoms with Gasteiger partial charge in [-0.15, -0.1) is 0 Å². The van der Waals surface area contributed by atoms with Crippen LogP contribution in [0.2, 0.25) is 0 Å². The SMILES string of the molecule is N#Cc1ccc(-c2n[nH]nc2-c2ccc(C(=O)O)cc2)cc1. The van der Waals surface area contributed by atoms with E-state index in [1.54, 1.807) is 36.4 Å². The first-order chi connectivity index (χ1) is 10.7. The van der Waals surface area contributed by atoms with Crippen molar-refractivity contribution in [3.8, 4) is 28.6 Å². The topological polar surface area (TPSA) is 103 Å². The Bertz CT molecular complexity index is 858. The average molecular weight is 290 g/mol. The van der Waals surface area contributed by atoms with Crippen molar-refractivity contribution in [1.29, 1.82) is 5.26 Å². The molecule has 0 saturated heterocycles. The van der Waals surface area contributed by atoms with E-state index in [0.717, 1.165) is 11.1 Å². The number of carbonyl (C=O) groups is 1. The van der Waals surface area contributed by atoms with Crippen LogP contribution in [-0.4, -0.2) is 26.5 Å². The van der Waals surface area contributed by atoms with Gasteiger partial charge in [0.1, 0.15) is 11.4 Å². The van der Waals surface area contributed by atoms with Crippen LogP contribution in [0.4, 0.5) is 0 Å². The number of carboxylic acid groups (broad SMARTS) is 1. The largest absolute Gasteiger partial charge is 0.478 e. The molecule has 0 bridgehead atoms. The maximum atomic E-state index is 10.9. The Labute approximate surface area is 125 Å². The lowest BCUT2D eigenvalue weighted by atomic mass is 10.0. The summed E-state index contributed by atoms with van der Waals surface area (Å²) in [5.41, 5.74) is 3.64. The van der Waals surface area contributed by atoms with Crippen LogP contribution in [0.25, 0.3) is 22.5 Å². The molecule has 3 rings (SSSR count). The molecule has 1 heterocycles. The van der Waals surface area contributed by atoms with Crippen LogP contribution in [-0.2, 0) is 0 Å². The van der Waals surface area contributed by atoms with Crippen molar-refractivity contribution >= 4 is 5.97 Å². The lowest BCUT2D eigenvalue weighted by Crippen LogP contribution is -1.95. The third kappa shape index (κ3) is 2.43. The van der Waals surface area contributed by atoms with Gasteiger partial charge in [-0.1, -0.05) is 24.3 Å². The van der Waals surface area contributed by atoms with E-state index < -0.39 is 5.97 Å². The smallest absolute Gasteiger partial charge is 0.335 e. The molecule has 0 atom stereocenters. The highest BCUT2D eigenvalue weighted by atomic mass is 16.4. The lowest BCUT2D eigenvalue weighted by molar-refractivity contribution is 0.0697. The molecule has 22 heavy (non-hydrogen) atoms. The monoisotopic (exact) mass is 290 g/mol. The molecular formula is C16H10N4O2. The predicted octanol–water partition coefficient (Wildman–Crippen LogP) is 2.71. The summed E-state index contributed by atoms with van der Waals surface area (Å²) in [4.78, 5) is 10.9. The highest BCUT2D eigenvalue weighted by Crippen LogP contribution is 2.28. The highest BCUT2D eigenvalue weighted by molar-refractivity contribution is 5.88. The van der Waals surface area contributed by atoms with Gasteiger partial charge in [0.2, 0.25) is 0 Å². The molecule has 0 fully saturated rings. The van der Waals surface area contributed by atoms with E-state index in [9.17, 15) is 4.79 Å². The summed E-state index contributed by atoms with van der Waals surface area (Å²) in [5, 5.41) is 28.6. The summed E-state index contributed by atoms with van der Waals surface area (Å²) in [6, 6.07) is 15.5. The number of nitrogens with one attached hydrogen (secondary N) is 1. The summed E-state index contributed by atoms with van der Waals surface area (Å²) < 4.78 is 0. The van der Waals surface area contributed by atoms with E-state index in [4.69, 9.17) is 10.4 Å². The van der Waals surface area contributed by atoms with Crippen LogP contribution in [0.3, 0.4) is 0 Å². The van der Waals surface area contributed by atoms with E-state index >= 15 is 0 Å². The number of aromatic carboxylic acids is 1. The summed E-state index contributed by atoms with van der Waals surface area (Å²) in [7, 11) is 0. The molecule has 1 aromatic heterocycles. The maximum Gasteiger partial charge on any atom is 0.335 e. The van der Waals surface area contributed by atoms with E-state index in [1.807, 2.05) is 0 Å². The number of H-pyrrole nitrogens is 1. The molecule has 3 aromatic rings. The molecule has 0 aliphatic heterocycles. The first kappa shape index (κ1) is 13.5. The zero-order valence-corrected chi connectivity index (χ0v) is 11.3. The molecule has 2 N–H and O–H groups in total. The molecule has 0 amide bonds. The molecule has 6 heteroatoms. The standard InChI is InChI=1S/C16H10N4O2/c17-9-10-1-3-11(4-2-10)14-15(19-20-18-14)12-5-7-13(8-6-12)16(21)22/h1-8H,(H,21,22)(H,18,19,20). The minimum atomic E-state index is -0.973. The zero-order chi connectivity index (χ0) is 15.5. The number of nitriles is 1. The van der Waals surface area contributed by atoms with Crippen LogP contribution in [0, 0.1) is 11.3 Å². The zero-order valence-electron chi connectivity index (χ0n) is 11.3. The molecule has 0 aliphatic rings. The number of hydrogen-bond donors (Lipinski definition) is 2. The molecule has 0 radical (unpaired) electrons. The summed E-state index contributed by atoms with van der Waals surface area (Å²) >= 11 is 0. The van der Waals surface area contributed by atoms with E-state index in [-0.39, 0.29) is 5.56 Å². The second-order valence-electron chi connectivity index (χ2n) is 4.59. The van der Waals surface area contributed by atoms with Gasteiger partial charge in [-0.05, 0) is 24.3 Å². The number of aromatic amines is 1. The molecular weight excluding hydrogens is 280 g/mol. The summed E-state index contributed by atoms with van der Waals surface area (Å²) in [6.07, 6.45) is 0. The number of aromatic nitrogens is 3. The quantitative estimate of drug-likeness (QED) is 0.772. The average Bonchev–Trinajstić information content (AvgIpc) is 3.04. The van der Waals surface area contributed by atoms with E-state index in [2.05, 4.69) is 21.5 Å². The summed E-state index contributed by atoms with van der Waals surface area (Å²) in [5.74, 6) is -0.973. The number of benzene rings is 2. The van der Waals surface area contributed by atoms with Gasteiger partial charge in [0.15, 0.2) is 0 Å². The van der Waals surface area contributed by atoms with Gasteiger partial charge in [0.05, 0.1) is 17.2 Å². The van der Waals surface area contributed by atoms with Crippen molar-refractivity contribution in [2.45, 2.75) is 0 Å². The van der Waals surface area contributed by atoms with Gasteiger partial charge >= 0.3 is 5.97 Å². The van der Waals surface area contributed by atoms with Crippen LogP contribution >= 0.6 is 0 Å². The van der Waals surface area contributed by atoms with Crippen molar-refractivity contribution in [3.05, 3.63) is 59.7 Å². The highest BCUT2D eigenvalue weighted by Gasteiger charge is 2.13. The van der Waals surface area contributed by atoms with Gasteiger partial charge in [0.25, 0.3) is 0 Å².